The maximum atomic E-state index is 3.69. The van der Waals surface area contributed by atoms with E-state index in [9.17, 15) is 0 Å². The average Bonchev–Trinajstić information content (AvgIpc) is 2.18. The molecule has 0 bridgehead atoms. The Morgan fingerprint density at radius 3 is 2.57 bits per heavy atom. The smallest absolute Gasteiger partial charge is 0.0122 e. The summed E-state index contributed by atoms with van der Waals surface area (Å²) in [5.74, 6) is 0. The van der Waals surface area contributed by atoms with Crippen LogP contribution < -0.4 is 0 Å². The fraction of sp³-hybridized carbons (Fsp3) is 0.538. The summed E-state index contributed by atoms with van der Waals surface area (Å²) in [6, 6.07) is 0. The van der Waals surface area contributed by atoms with Crippen molar-refractivity contribution in [3.8, 4) is 0 Å². The minimum Gasteiger partial charge on any atom is -0.103 e. The molecule has 0 radical (unpaired) electrons. The monoisotopic (exact) mass is 210 g/mol. The van der Waals surface area contributed by atoms with Gasteiger partial charge in [-0.1, -0.05) is 38.0 Å². The summed E-state index contributed by atoms with van der Waals surface area (Å²) in [5, 5.41) is 2.18. The summed E-state index contributed by atoms with van der Waals surface area (Å²) in [7, 11) is 0. The number of thioether (sulfide) groups is 1. The van der Waals surface area contributed by atoms with Crippen LogP contribution in [0.2, 0.25) is 0 Å². The molecule has 0 N–H and O–H groups in total. The average molecular weight is 210 g/mol. The van der Waals surface area contributed by atoms with Gasteiger partial charge in [-0.15, -0.1) is 18.3 Å². The Morgan fingerprint density at radius 2 is 2.07 bits per heavy atom. The molecule has 0 aromatic rings. The molecule has 0 aromatic heterocycles. The molecular weight excluding hydrogens is 188 g/mol. The highest BCUT2D eigenvalue weighted by Crippen LogP contribution is 2.26. The third-order valence-corrected chi connectivity index (χ3v) is 3.28. The van der Waals surface area contributed by atoms with Gasteiger partial charge in [-0.3, -0.25) is 0 Å². The van der Waals surface area contributed by atoms with E-state index in [0.717, 1.165) is 12.8 Å². The van der Waals surface area contributed by atoms with Crippen LogP contribution in [0.25, 0.3) is 0 Å². The molecule has 0 saturated carbocycles. The maximum Gasteiger partial charge on any atom is -0.0122 e. The second-order valence-electron chi connectivity index (χ2n) is 3.32. The molecule has 0 nitrogen and oxygen atoms in total. The van der Waals surface area contributed by atoms with Crippen molar-refractivity contribution in [1.29, 1.82) is 0 Å². The number of hydrogen-bond donors (Lipinski definition) is 0. The van der Waals surface area contributed by atoms with E-state index in [0.29, 0.717) is 0 Å². The lowest BCUT2D eigenvalue weighted by molar-refractivity contribution is 0.892. The summed E-state index contributed by atoms with van der Waals surface area (Å²) < 4.78 is 0. The van der Waals surface area contributed by atoms with E-state index in [1.807, 2.05) is 17.8 Å². The van der Waals surface area contributed by atoms with E-state index >= 15 is 0 Å². The van der Waals surface area contributed by atoms with E-state index in [2.05, 4.69) is 38.8 Å². The first-order valence-corrected chi connectivity index (χ1v) is 6.25. The standard InChI is InChI=1S/C13H22S/c1-5-8-9-11-14-13(7-3)12(4)10-6-2/h5,9,11H,1,6-8,10H2,2-4H3/b11-9+,13-12+. The fourth-order valence-electron chi connectivity index (χ4n) is 1.28. The molecule has 0 aliphatic rings. The van der Waals surface area contributed by atoms with Gasteiger partial charge in [-0.2, -0.15) is 0 Å². The van der Waals surface area contributed by atoms with Gasteiger partial charge < -0.3 is 0 Å². The van der Waals surface area contributed by atoms with Crippen LogP contribution >= 0.6 is 11.8 Å². The second-order valence-corrected chi connectivity index (χ2v) is 4.32. The molecule has 0 heterocycles. The summed E-state index contributed by atoms with van der Waals surface area (Å²) in [4.78, 5) is 1.52. The van der Waals surface area contributed by atoms with Gasteiger partial charge in [0.2, 0.25) is 0 Å². The van der Waals surface area contributed by atoms with E-state index in [4.69, 9.17) is 0 Å². The topological polar surface area (TPSA) is 0 Å². The van der Waals surface area contributed by atoms with Crippen molar-refractivity contribution < 1.29 is 0 Å². The Labute approximate surface area is 93.2 Å². The maximum absolute atomic E-state index is 3.69. The Hall–Kier alpha value is -0.430. The molecular formula is C13H22S. The molecule has 1 heteroatoms. The van der Waals surface area contributed by atoms with Crippen molar-refractivity contribution in [3.63, 3.8) is 0 Å². The van der Waals surface area contributed by atoms with Crippen molar-refractivity contribution in [2.24, 2.45) is 0 Å². The molecule has 0 aromatic carbocycles. The molecule has 0 aliphatic carbocycles. The third kappa shape index (κ3) is 6.09. The van der Waals surface area contributed by atoms with Gasteiger partial charge in [0.15, 0.2) is 0 Å². The summed E-state index contributed by atoms with van der Waals surface area (Å²) in [5.41, 5.74) is 1.54. The molecule has 0 fully saturated rings. The van der Waals surface area contributed by atoms with Crippen molar-refractivity contribution in [2.45, 2.75) is 46.5 Å². The largest absolute Gasteiger partial charge is 0.103 e. The Morgan fingerprint density at radius 1 is 1.36 bits per heavy atom. The minimum absolute atomic E-state index is 0.969. The zero-order chi connectivity index (χ0) is 10.8. The molecule has 80 valence electrons. The normalized spacial score (nSPS) is 13.1. The van der Waals surface area contributed by atoms with Gasteiger partial charge in [-0.25, -0.2) is 0 Å². The van der Waals surface area contributed by atoms with Gasteiger partial charge in [0.05, 0.1) is 0 Å². The Kier molecular flexibility index (Phi) is 8.86. The van der Waals surface area contributed by atoms with Crippen LogP contribution in [-0.2, 0) is 0 Å². The van der Waals surface area contributed by atoms with Gasteiger partial charge in [0.25, 0.3) is 0 Å². The van der Waals surface area contributed by atoms with Crippen molar-refractivity contribution in [1.82, 2.24) is 0 Å². The van der Waals surface area contributed by atoms with Crippen LogP contribution in [0.15, 0.2) is 34.6 Å². The zero-order valence-electron chi connectivity index (χ0n) is 9.68. The van der Waals surface area contributed by atoms with Gasteiger partial charge in [-0.05, 0) is 36.5 Å². The Bertz CT molecular complexity index is 211. The summed E-state index contributed by atoms with van der Waals surface area (Å²) in [6.07, 6.45) is 8.67. The summed E-state index contributed by atoms with van der Waals surface area (Å²) >= 11 is 1.86. The fourth-order valence-corrected chi connectivity index (χ4v) is 2.12. The molecule has 0 amide bonds. The lowest BCUT2D eigenvalue weighted by atomic mass is 10.1. The predicted molar refractivity (Wildman–Crippen MR) is 69.4 cm³/mol. The van der Waals surface area contributed by atoms with Crippen LogP contribution in [0.4, 0.5) is 0 Å². The lowest BCUT2D eigenvalue weighted by Gasteiger charge is -2.06. The number of rotatable bonds is 7. The van der Waals surface area contributed by atoms with Crippen LogP contribution in [0.5, 0.6) is 0 Å². The number of allylic oxidation sites excluding steroid dienone is 4. The predicted octanol–water partition coefficient (Wildman–Crippen LogP) is 5.29. The van der Waals surface area contributed by atoms with E-state index in [1.54, 1.807) is 5.57 Å². The first kappa shape index (κ1) is 13.6. The van der Waals surface area contributed by atoms with Crippen LogP contribution in [-0.4, -0.2) is 0 Å². The van der Waals surface area contributed by atoms with Gasteiger partial charge in [0, 0.05) is 0 Å². The van der Waals surface area contributed by atoms with Crippen LogP contribution in [0.1, 0.15) is 46.5 Å². The molecule has 0 rings (SSSR count). The SMILES string of the molecule is C=CC/C=C/S/C(CC)=C(\C)CCC. The first-order chi connectivity index (χ1) is 6.76. The number of hydrogen-bond acceptors (Lipinski definition) is 1. The van der Waals surface area contributed by atoms with E-state index < -0.39 is 0 Å². The highest BCUT2D eigenvalue weighted by Gasteiger charge is 1.98. The van der Waals surface area contributed by atoms with E-state index in [1.165, 1.54) is 17.7 Å². The van der Waals surface area contributed by atoms with Gasteiger partial charge in [0.1, 0.15) is 0 Å². The lowest BCUT2D eigenvalue weighted by Crippen LogP contribution is -1.82. The van der Waals surface area contributed by atoms with Crippen molar-refractivity contribution in [3.05, 3.63) is 34.6 Å². The summed E-state index contributed by atoms with van der Waals surface area (Å²) in [6.45, 7) is 10.4. The molecule has 0 spiro atoms. The first-order valence-electron chi connectivity index (χ1n) is 5.37. The van der Waals surface area contributed by atoms with Crippen molar-refractivity contribution in [2.75, 3.05) is 0 Å². The quantitative estimate of drug-likeness (QED) is 0.514. The molecule has 14 heavy (non-hydrogen) atoms. The van der Waals surface area contributed by atoms with Crippen molar-refractivity contribution >= 4 is 11.8 Å². The zero-order valence-corrected chi connectivity index (χ0v) is 10.5. The molecule has 0 saturated heterocycles. The molecule has 0 unspecified atom stereocenters. The van der Waals surface area contributed by atoms with Gasteiger partial charge >= 0.3 is 0 Å². The highest BCUT2D eigenvalue weighted by atomic mass is 32.2. The second kappa shape index (κ2) is 9.14. The Balaban J connectivity index is 4.13. The minimum atomic E-state index is 0.969. The molecule has 0 atom stereocenters. The molecule has 0 aliphatic heterocycles. The van der Waals surface area contributed by atoms with Crippen LogP contribution in [0, 0.1) is 0 Å². The van der Waals surface area contributed by atoms with E-state index in [-0.39, 0.29) is 0 Å². The highest BCUT2D eigenvalue weighted by molar-refractivity contribution is 8.05. The van der Waals surface area contributed by atoms with Crippen LogP contribution in [0.3, 0.4) is 0 Å². The third-order valence-electron chi connectivity index (χ3n) is 2.03.